The van der Waals surface area contributed by atoms with Crippen LogP contribution in [0.3, 0.4) is 0 Å². The van der Waals surface area contributed by atoms with E-state index in [0.717, 1.165) is 81.9 Å². The van der Waals surface area contributed by atoms with E-state index in [1.54, 1.807) is 0 Å². The van der Waals surface area contributed by atoms with Gasteiger partial charge in [0.05, 0.1) is 5.56 Å². The third kappa shape index (κ3) is 7.98. The first-order valence-corrected chi connectivity index (χ1v) is 14.2. The molecule has 1 fully saturated rings. The maximum atomic E-state index is 12.9. The van der Waals surface area contributed by atoms with Crippen molar-refractivity contribution >= 4 is 57.3 Å². The van der Waals surface area contributed by atoms with Gasteiger partial charge in [0, 0.05) is 43.3 Å². The number of likely N-dealkylation sites (N-methyl/N-ethyl adjacent to an activating group) is 1. The molecule has 204 valence electrons. The average Bonchev–Trinajstić information content (AvgIpc) is 3.29. The van der Waals surface area contributed by atoms with Gasteiger partial charge in [0.25, 0.3) is 0 Å². The fourth-order valence-corrected chi connectivity index (χ4v) is 6.51. The largest absolute Gasteiger partial charge is 0.482 e. The van der Waals surface area contributed by atoms with Crippen LogP contribution in [-0.4, -0.2) is 66.9 Å². The number of hydrogen-bond donors (Lipinski definition) is 0. The lowest BCUT2D eigenvalue weighted by Gasteiger charge is -2.35. The molecule has 3 aliphatic rings. The molecule has 0 amide bonds. The molecule has 0 bridgehead atoms. The molecular formula is C28H44Br2N2O3S. The van der Waals surface area contributed by atoms with E-state index in [9.17, 15) is 4.79 Å². The van der Waals surface area contributed by atoms with Gasteiger partial charge in [-0.2, -0.15) is 0 Å². The predicted molar refractivity (Wildman–Crippen MR) is 162 cm³/mol. The monoisotopic (exact) mass is 646 g/mol. The Morgan fingerprint density at radius 1 is 1.08 bits per heavy atom. The maximum Gasteiger partial charge on any atom is 0.311 e. The molecule has 0 aliphatic carbocycles. The number of aryl methyl sites for hydroxylation is 1. The smallest absolute Gasteiger partial charge is 0.311 e. The van der Waals surface area contributed by atoms with Gasteiger partial charge >= 0.3 is 5.97 Å². The molecule has 5 nitrogen and oxygen atoms in total. The summed E-state index contributed by atoms with van der Waals surface area (Å²) in [6.45, 7) is 12.1. The highest BCUT2D eigenvalue weighted by Crippen LogP contribution is 2.54. The van der Waals surface area contributed by atoms with Crippen LogP contribution in [0.1, 0.15) is 76.8 Å². The summed E-state index contributed by atoms with van der Waals surface area (Å²) in [4.78, 5) is 19.1. The van der Waals surface area contributed by atoms with Crippen molar-refractivity contribution in [1.29, 1.82) is 0 Å². The first-order valence-electron chi connectivity index (χ1n) is 13.2. The Morgan fingerprint density at radius 3 is 2.56 bits per heavy atom. The molecule has 0 radical (unpaired) electrons. The molecule has 0 unspecified atom stereocenters. The molecule has 0 saturated carbocycles. The molecule has 1 saturated heterocycles. The van der Waals surface area contributed by atoms with E-state index < -0.39 is 0 Å². The molecule has 0 N–H and O–H groups in total. The van der Waals surface area contributed by atoms with Crippen LogP contribution in [0.4, 0.5) is 0 Å². The summed E-state index contributed by atoms with van der Waals surface area (Å²) < 4.78 is 12.6. The summed E-state index contributed by atoms with van der Waals surface area (Å²) >= 11 is 1.88. The molecule has 3 aliphatic heterocycles. The summed E-state index contributed by atoms with van der Waals surface area (Å²) in [5.41, 5.74) is 3.21. The molecule has 3 heterocycles. The number of halogens is 2. The van der Waals surface area contributed by atoms with Gasteiger partial charge in [-0.1, -0.05) is 19.8 Å². The molecule has 8 heteroatoms. The quantitative estimate of drug-likeness (QED) is 0.156. The highest BCUT2D eigenvalue weighted by atomic mass is 79.9. The zero-order valence-corrected chi connectivity index (χ0v) is 26.6. The lowest BCUT2D eigenvalue weighted by molar-refractivity contribution is -0.134. The molecule has 0 spiro atoms. The summed E-state index contributed by atoms with van der Waals surface area (Å²) in [7, 11) is 2.18. The van der Waals surface area contributed by atoms with E-state index in [2.05, 4.69) is 49.8 Å². The number of fused-ring (bicyclic) bond motifs is 2. The molecular weight excluding hydrogens is 604 g/mol. The predicted octanol–water partition coefficient (Wildman–Crippen LogP) is 6.92. The van der Waals surface area contributed by atoms with Crippen LogP contribution in [0.15, 0.2) is 17.0 Å². The number of hydrogen-bond acceptors (Lipinski definition) is 6. The van der Waals surface area contributed by atoms with Crippen LogP contribution in [0.25, 0.3) is 5.57 Å². The van der Waals surface area contributed by atoms with E-state index in [-0.39, 0.29) is 45.5 Å². The van der Waals surface area contributed by atoms with Gasteiger partial charge in [-0.3, -0.25) is 4.79 Å². The number of thioether (sulfide) groups is 1. The van der Waals surface area contributed by atoms with Crippen LogP contribution in [-0.2, 0) is 11.2 Å². The highest BCUT2D eigenvalue weighted by molar-refractivity contribution is 8.93. The number of rotatable bonds is 10. The third-order valence-electron chi connectivity index (χ3n) is 7.21. The summed E-state index contributed by atoms with van der Waals surface area (Å²) in [6.07, 6.45) is 7.91. The second-order valence-electron chi connectivity index (χ2n) is 10.5. The normalized spacial score (nSPS) is 19.0. The van der Waals surface area contributed by atoms with E-state index in [1.165, 1.54) is 28.9 Å². The number of carbonyl (C=O) groups excluding carboxylic acids is 1. The minimum atomic E-state index is -0.323. The number of ether oxygens (including phenoxy) is 2. The van der Waals surface area contributed by atoms with Crippen molar-refractivity contribution in [3.63, 3.8) is 0 Å². The Balaban J connectivity index is 0.00000228. The Bertz CT molecular complexity index is 914. The second-order valence-corrected chi connectivity index (χ2v) is 11.6. The molecule has 1 aromatic rings. The number of allylic oxidation sites excluding steroid dienone is 1. The van der Waals surface area contributed by atoms with Crippen molar-refractivity contribution in [3.8, 4) is 11.5 Å². The van der Waals surface area contributed by atoms with Gasteiger partial charge in [0.1, 0.15) is 17.1 Å². The van der Waals surface area contributed by atoms with Crippen LogP contribution in [0.5, 0.6) is 11.5 Å². The van der Waals surface area contributed by atoms with Crippen molar-refractivity contribution in [3.05, 3.63) is 28.2 Å². The van der Waals surface area contributed by atoms with Crippen molar-refractivity contribution in [1.82, 2.24) is 9.80 Å². The number of esters is 1. The summed E-state index contributed by atoms with van der Waals surface area (Å²) in [5.74, 6) is 2.54. The van der Waals surface area contributed by atoms with Crippen molar-refractivity contribution in [2.24, 2.45) is 0 Å². The zero-order valence-electron chi connectivity index (χ0n) is 22.4. The van der Waals surface area contributed by atoms with Gasteiger partial charge in [0.2, 0.25) is 0 Å². The topological polar surface area (TPSA) is 42.0 Å². The lowest BCUT2D eigenvalue weighted by atomic mass is 9.90. The van der Waals surface area contributed by atoms with Gasteiger partial charge in [-0.15, -0.1) is 45.7 Å². The minimum absolute atomic E-state index is 0. The van der Waals surface area contributed by atoms with Crippen LogP contribution < -0.4 is 9.47 Å². The van der Waals surface area contributed by atoms with Gasteiger partial charge < -0.3 is 19.3 Å². The average molecular weight is 649 g/mol. The summed E-state index contributed by atoms with van der Waals surface area (Å²) in [5, 5.41) is 0. The molecule has 36 heavy (non-hydrogen) atoms. The van der Waals surface area contributed by atoms with E-state index >= 15 is 0 Å². The van der Waals surface area contributed by atoms with Crippen molar-refractivity contribution in [2.45, 2.75) is 77.7 Å². The number of nitrogens with zero attached hydrogens (tertiary/aromatic N) is 2. The summed E-state index contributed by atoms with van der Waals surface area (Å²) in [6, 6.07) is 4.29. The van der Waals surface area contributed by atoms with E-state index in [0.29, 0.717) is 12.2 Å². The molecule has 1 aromatic carbocycles. The van der Waals surface area contributed by atoms with E-state index in [1.807, 2.05) is 11.8 Å². The fraction of sp³-hybridized carbons (Fsp3) is 0.679. The third-order valence-corrected chi connectivity index (χ3v) is 8.64. The van der Waals surface area contributed by atoms with Gasteiger partial charge in [-0.25, -0.2) is 0 Å². The lowest BCUT2D eigenvalue weighted by Crippen LogP contribution is -2.44. The maximum absolute atomic E-state index is 12.9. The van der Waals surface area contributed by atoms with Gasteiger partial charge in [0.15, 0.2) is 0 Å². The SMILES string of the molecule is Br.Br.CCCCCc1cc(OC(=O)CCCCN2CCN(C)CC2)c2c(c1)OC(C)(C)C1=C2CCS1. The highest BCUT2D eigenvalue weighted by Gasteiger charge is 2.39. The molecule has 4 rings (SSSR count). The van der Waals surface area contributed by atoms with Gasteiger partial charge in [-0.05, 0) is 82.8 Å². The fourth-order valence-electron chi connectivity index (χ4n) is 5.23. The molecule has 0 atom stereocenters. The number of piperazine rings is 1. The Hall–Kier alpha value is -0.540. The van der Waals surface area contributed by atoms with Crippen molar-refractivity contribution in [2.75, 3.05) is 45.5 Å². The second kappa shape index (κ2) is 14.6. The number of unbranched alkanes of at least 4 members (excludes halogenated alkanes) is 3. The van der Waals surface area contributed by atoms with Crippen molar-refractivity contribution < 1.29 is 14.3 Å². The van der Waals surface area contributed by atoms with Crippen LogP contribution in [0, 0.1) is 0 Å². The Morgan fingerprint density at radius 2 is 1.83 bits per heavy atom. The Kier molecular flexibility index (Phi) is 12.8. The number of carbonyl (C=O) groups is 1. The van der Waals surface area contributed by atoms with E-state index in [4.69, 9.17) is 9.47 Å². The zero-order chi connectivity index (χ0) is 24.1. The minimum Gasteiger partial charge on any atom is -0.482 e. The first kappa shape index (κ1) is 31.7. The molecule has 0 aromatic heterocycles. The number of benzene rings is 1. The van der Waals surface area contributed by atoms with Crippen LogP contribution >= 0.6 is 45.7 Å². The first-order chi connectivity index (χ1) is 16.4. The standard InChI is InChI=1S/C28H42N2O3S.2BrH/c1-5-6-7-10-21-19-23(26-22-12-18-34-27(22)28(2,3)33-24(26)20-21)32-25(31)11-8-9-13-30-16-14-29(4)15-17-30;;/h19-20H,5-18H2,1-4H3;2*1H. The van der Waals surface area contributed by atoms with Crippen LogP contribution in [0.2, 0.25) is 0 Å². The Labute approximate surface area is 243 Å².